The maximum atomic E-state index is 4.81. The van der Waals surface area contributed by atoms with Crippen LogP contribution in [-0.2, 0) is 7.05 Å². The summed E-state index contributed by atoms with van der Waals surface area (Å²) in [5.41, 5.74) is 5.07. The van der Waals surface area contributed by atoms with Crippen molar-refractivity contribution in [2.45, 2.75) is 0 Å². The van der Waals surface area contributed by atoms with Crippen LogP contribution in [0, 0.1) is 0 Å². The summed E-state index contributed by atoms with van der Waals surface area (Å²) in [5, 5.41) is 9.76. The fourth-order valence-corrected chi connectivity index (χ4v) is 3.22. The smallest absolute Gasteiger partial charge is 0.105 e. The van der Waals surface area contributed by atoms with E-state index in [1.165, 1.54) is 4.70 Å². The van der Waals surface area contributed by atoms with Gasteiger partial charge in [-0.15, -0.1) is 11.3 Å². The lowest BCUT2D eigenvalue weighted by Crippen LogP contribution is -1.90. The second-order valence-electron chi connectivity index (χ2n) is 5.09. The second kappa shape index (κ2) is 5.27. The fraction of sp³-hybridized carbons (Fsp3) is 0.0588. The summed E-state index contributed by atoms with van der Waals surface area (Å²) < 4.78 is 2.96. The summed E-state index contributed by atoms with van der Waals surface area (Å²) >= 11 is 1.70. The Morgan fingerprint density at radius 3 is 2.73 bits per heavy atom. The van der Waals surface area contributed by atoms with Gasteiger partial charge in [-0.25, -0.2) is 4.98 Å². The van der Waals surface area contributed by atoms with Gasteiger partial charge in [0.2, 0.25) is 0 Å². The molecule has 0 spiro atoms. The SMILES string of the molecule is Cn1cc(-c2ccc3scc(Nc4ccccc4)c3n2)cn1. The van der Waals surface area contributed by atoms with Crippen LogP contribution >= 0.6 is 11.3 Å². The molecule has 0 bridgehead atoms. The molecule has 0 aliphatic heterocycles. The number of aryl methyl sites for hydroxylation is 1. The minimum atomic E-state index is 0.940. The van der Waals surface area contributed by atoms with Gasteiger partial charge in [0.05, 0.1) is 22.3 Å². The monoisotopic (exact) mass is 306 g/mol. The molecule has 0 aliphatic rings. The predicted molar refractivity (Wildman–Crippen MR) is 91.5 cm³/mol. The molecule has 0 saturated heterocycles. The molecule has 5 heteroatoms. The second-order valence-corrected chi connectivity index (χ2v) is 6.00. The molecule has 4 aromatic rings. The minimum Gasteiger partial charge on any atom is -0.353 e. The molecule has 4 nitrogen and oxygen atoms in total. The van der Waals surface area contributed by atoms with Crippen molar-refractivity contribution in [2.24, 2.45) is 7.05 Å². The number of hydrogen-bond donors (Lipinski definition) is 1. The van der Waals surface area contributed by atoms with Crippen molar-refractivity contribution in [1.29, 1.82) is 0 Å². The fourth-order valence-electron chi connectivity index (χ4n) is 2.39. The summed E-state index contributed by atoms with van der Waals surface area (Å²) in [4.78, 5) is 4.81. The van der Waals surface area contributed by atoms with Crippen LogP contribution < -0.4 is 5.32 Å². The summed E-state index contributed by atoms with van der Waals surface area (Å²) in [6.45, 7) is 0. The number of pyridine rings is 1. The van der Waals surface area contributed by atoms with E-state index in [1.807, 2.05) is 43.7 Å². The number of fused-ring (bicyclic) bond motifs is 1. The van der Waals surface area contributed by atoms with Crippen LogP contribution in [0.1, 0.15) is 0 Å². The van der Waals surface area contributed by atoms with Crippen molar-refractivity contribution in [3.05, 3.63) is 60.2 Å². The van der Waals surface area contributed by atoms with E-state index in [2.05, 4.69) is 34.0 Å². The van der Waals surface area contributed by atoms with Crippen LogP contribution in [-0.4, -0.2) is 14.8 Å². The van der Waals surface area contributed by atoms with Crippen molar-refractivity contribution in [1.82, 2.24) is 14.8 Å². The maximum Gasteiger partial charge on any atom is 0.105 e. The van der Waals surface area contributed by atoms with Crippen LogP contribution in [0.5, 0.6) is 0 Å². The Morgan fingerprint density at radius 1 is 1.09 bits per heavy atom. The molecule has 0 unspecified atom stereocenters. The Hall–Kier alpha value is -2.66. The van der Waals surface area contributed by atoms with Crippen molar-refractivity contribution >= 4 is 32.9 Å². The molecule has 0 aliphatic carbocycles. The summed E-state index contributed by atoms with van der Waals surface area (Å²) in [6.07, 6.45) is 3.82. The standard InChI is InChI=1S/C17H14N4S/c1-21-10-12(9-18-21)14-7-8-16-17(20-14)15(11-22-16)19-13-5-3-2-4-6-13/h2-11,19H,1H3. The van der Waals surface area contributed by atoms with Crippen LogP contribution in [0.15, 0.2) is 60.2 Å². The summed E-state index contributed by atoms with van der Waals surface area (Å²) in [5.74, 6) is 0. The number of rotatable bonds is 3. The average molecular weight is 306 g/mol. The molecule has 4 rings (SSSR count). The number of hydrogen-bond acceptors (Lipinski definition) is 4. The van der Waals surface area contributed by atoms with E-state index in [1.54, 1.807) is 16.0 Å². The van der Waals surface area contributed by atoms with E-state index in [0.29, 0.717) is 0 Å². The van der Waals surface area contributed by atoms with E-state index in [9.17, 15) is 0 Å². The highest BCUT2D eigenvalue weighted by Gasteiger charge is 2.09. The van der Waals surface area contributed by atoms with Crippen LogP contribution in [0.25, 0.3) is 21.5 Å². The van der Waals surface area contributed by atoms with Gasteiger partial charge in [-0.05, 0) is 24.3 Å². The van der Waals surface area contributed by atoms with Gasteiger partial charge in [0.15, 0.2) is 0 Å². The lowest BCUT2D eigenvalue weighted by atomic mass is 10.2. The maximum absolute atomic E-state index is 4.81. The number of aromatic nitrogens is 3. The van der Waals surface area contributed by atoms with Gasteiger partial charge >= 0.3 is 0 Å². The summed E-state index contributed by atoms with van der Waals surface area (Å²) in [7, 11) is 1.91. The van der Waals surface area contributed by atoms with E-state index < -0.39 is 0 Å². The predicted octanol–water partition coefficient (Wildman–Crippen LogP) is 4.44. The molecule has 0 saturated carbocycles. The van der Waals surface area contributed by atoms with E-state index in [-0.39, 0.29) is 0 Å². The first-order chi connectivity index (χ1) is 10.8. The average Bonchev–Trinajstić information content (AvgIpc) is 3.15. The van der Waals surface area contributed by atoms with Crippen molar-refractivity contribution in [3.8, 4) is 11.3 Å². The first-order valence-corrected chi connectivity index (χ1v) is 7.87. The third kappa shape index (κ3) is 2.35. The van der Waals surface area contributed by atoms with Gasteiger partial charge < -0.3 is 5.32 Å². The van der Waals surface area contributed by atoms with Gasteiger partial charge in [-0.2, -0.15) is 5.10 Å². The molecule has 108 valence electrons. The molecular weight excluding hydrogens is 292 g/mol. The topological polar surface area (TPSA) is 42.7 Å². The highest BCUT2D eigenvalue weighted by molar-refractivity contribution is 7.17. The van der Waals surface area contributed by atoms with Crippen LogP contribution in [0.4, 0.5) is 11.4 Å². The molecule has 0 atom stereocenters. The molecule has 1 N–H and O–H groups in total. The number of anilines is 2. The zero-order chi connectivity index (χ0) is 14.9. The van der Waals surface area contributed by atoms with Gasteiger partial charge in [0, 0.05) is 29.9 Å². The molecule has 0 amide bonds. The largest absolute Gasteiger partial charge is 0.353 e. The number of benzene rings is 1. The third-order valence-corrected chi connectivity index (χ3v) is 4.41. The van der Waals surface area contributed by atoms with E-state index in [0.717, 1.165) is 28.1 Å². The molecule has 3 aromatic heterocycles. The highest BCUT2D eigenvalue weighted by Crippen LogP contribution is 2.32. The first-order valence-electron chi connectivity index (χ1n) is 6.99. The Kier molecular flexibility index (Phi) is 3.12. The zero-order valence-electron chi connectivity index (χ0n) is 12.0. The van der Waals surface area contributed by atoms with Gasteiger partial charge in [-0.1, -0.05) is 18.2 Å². The molecule has 3 heterocycles. The molecule has 1 aromatic carbocycles. The lowest BCUT2D eigenvalue weighted by Gasteiger charge is -2.05. The molecule has 22 heavy (non-hydrogen) atoms. The van der Waals surface area contributed by atoms with Crippen molar-refractivity contribution < 1.29 is 0 Å². The quantitative estimate of drug-likeness (QED) is 0.608. The van der Waals surface area contributed by atoms with Gasteiger partial charge in [-0.3, -0.25) is 4.68 Å². The minimum absolute atomic E-state index is 0.940. The van der Waals surface area contributed by atoms with Crippen LogP contribution in [0.3, 0.4) is 0 Å². The Morgan fingerprint density at radius 2 is 1.95 bits per heavy atom. The van der Waals surface area contributed by atoms with E-state index >= 15 is 0 Å². The molecular formula is C17H14N4S. The Balaban J connectivity index is 1.76. The first kappa shape index (κ1) is 13.0. The summed E-state index contributed by atoms with van der Waals surface area (Å²) in [6, 6.07) is 14.3. The number of thiophene rings is 1. The van der Waals surface area contributed by atoms with E-state index in [4.69, 9.17) is 4.98 Å². The molecule has 0 fully saturated rings. The normalized spacial score (nSPS) is 11.0. The Bertz CT molecular complexity index is 924. The van der Waals surface area contributed by atoms with Crippen molar-refractivity contribution in [2.75, 3.05) is 5.32 Å². The molecule has 0 radical (unpaired) electrons. The zero-order valence-corrected chi connectivity index (χ0v) is 12.8. The number of para-hydroxylation sites is 1. The van der Waals surface area contributed by atoms with Gasteiger partial charge in [0.25, 0.3) is 0 Å². The number of nitrogens with zero attached hydrogens (tertiary/aromatic N) is 3. The Labute approximate surface area is 132 Å². The van der Waals surface area contributed by atoms with Crippen molar-refractivity contribution in [3.63, 3.8) is 0 Å². The highest BCUT2D eigenvalue weighted by atomic mass is 32.1. The number of nitrogens with one attached hydrogen (secondary N) is 1. The van der Waals surface area contributed by atoms with Gasteiger partial charge in [0.1, 0.15) is 5.52 Å². The third-order valence-electron chi connectivity index (χ3n) is 3.47. The lowest BCUT2D eigenvalue weighted by molar-refractivity contribution is 0.768. The van der Waals surface area contributed by atoms with Crippen LogP contribution in [0.2, 0.25) is 0 Å².